The monoisotopic (exact) mass is 395 g/mol. The molecule has 1 fully saturated rings. The van der Waals surface area contributed by atoms with Crippen molar-refractivity contribution in [3.63, 3.8) is 0 Å². The number of rotatable bonds is 7. The van der Waals surface area contributed by atoms with Crippen molar-refractivity contribution in [2.75, 3.05) is 19.6 Å². The Kier molecular flexibility index (Phi) is 6.64. The summed E-state index contributed by atoms with van der Waals surface area (Å²) in [7, 11) is -3.42. The van der Waals surface area contributed by atoms with Crippen molar-refractivity contribution >= 4 is 37.5 Å². The summed E-state index contributed by atoms with van der Waals surface area (Å²) in [6.07, 6.45) is 2.96. The summed E-state index contributed by atoms with van der Waals surface area (Å²) in [6, 6.07) is 2.01. The molecule has 1 unspecified atom stereocenters. The lowest BCUT2D eigenvalue weighted by molar-refractivity contribution is 0.244. The van der Waals surface area contributed by atoms with Crippen molar-refractivity contribution in [3.8, 4) is 0 Å². The molecule has 0 aliphatic carbocycles. The first-order chi connectivity index (χ1) is 10.0. The number of hydrogen-bond acceptors (Lipinski definition) is 4. The highest BCUT2D eigenvalue weighted by atomic mass is 79.9. The maximum Gasteiger partial charge on any atom is 0.280 e. The standard InChI is InChI=1S/C13H22BrN3O2S2/c1-2-15-8-12-5-3-4-6-17(12)21(18,19)16-9-13-7-11(14)10-20-13/h7,10,12,15-16H,2-6,8-9H2,1H3. The van der Waals surface area contributed by atoms with Gasteiger partial charge < -0.3 is 5.32 Å². The fourth-order valence-electron chi connectivity index (χ4n) is 2.50. The minimum absolute atomic E-state index is 0.0614. The van der Waals surface area contributed by atoms with Gasteiger partial charge in [-0.25, -0.2) is 0 Å². The molecule has 0 bridgehead atoms. The Bertz CT molecular complexity index is 547. The van der Waals surface area contributed by atoms with Crippen LogP contribution in [0.5, 0.6) is 0 Å². The van der Waals surface area contributed by atoms with Crippen molar-refractivity contribution < 1.29 is 8.42 Å². The van der Waals surface area contributed by atoms with Crippen LogP contribution in [0.3, 0.4) is 0 Å². The molecule has 1 aliphatic heterocycles. The zero-order valence-corrected chi connectivity index (χ0v) is 15.4. The lowest BCUT2D eigenvalue weighted by atomic mass is 10.1. The normalized spacial score (nSPS) is 20.8. The largest absolute Gasteiger partial charge is 0.315 e. The minimum atomic E-state index is -3.42. The van der Waals surface area contributed by atoms with Crippen molar-refractivity contribution in [1.29, 1.82) is 0 Å². The highest BCUT2D eigenvalue weighted by Gasteiger charge is 2.31. The quantitative estimate of drug-likeness (QED) is 0.744. The molecule has 1 saturated heterocycles. The average molecular weight is 396 g/mol. The van der Waals surface area contributed by atoms with Crippen LogP contribution in [0.15, 0.2) is 15.9 Å². The molecule has 0 saturated carbocycles. The van der Waals surface area contributed by atoms with Crippen LogP contribution in [0.25, 0.3) is 0 Å². The van der Waals surface area contributed by atoms with Crippen LogP contribution in [0.2, 0.25) is 0 Å². The van der Waals surface area contributed by atoms with Gasteiger partial charge in [-0.05, 0) is 41.4 Å². The number of thiophene rings is 1. The van der Waals surface area contributed by atoms with Crippen molar-refractivity contribution in [2.45, 2.75) is 38.8 Å². The Balaban J connectivity index is 1.98. The fourth-order valence-corrected chi connectivity index (χ4v) is 5.42. The summed E-state index contributed by atoms with van der Waals surface area (Å²) < 4.78 is 30.4. The van der Waals surface area contributed by atoms with Crippen LogP contribution >= 0.6 is 27.3 Å². The van der Waals surface area contributed by atoms with E-state index in [0.29, 0.717) is 13.1 Å². The van der Waals surface area contributed by atoms with Gasteiger partial charge in [0.05, 0.1) is 0 Å². The van der Waals surface area contributed by atoms with Crippen LogP contribution in [-0.4, -0.2) is 38.4 Å². The maximum absolute atomic E-state index is 12.5. The summed E-state index contributed by atoms with van der Waals surface area (Å²) >= 11 is 4.93. The van der Waals surface area contributed by atoms with E-state index in [2.05, 4.69) is 26.0 Å². The number of halogens is 1. The molecule has 21 heavy (non-hydrogen) atoms. The number of hydrogen-bond donors (Lipinski definition) is 2. The third kappa shape index (κ3) is 5.01. The van der Waals surface area contributed by atoms with Gasteiger partial charge in [0.1, 0.15) is 0 Å². The second kappa shape index (κ2) is 8.03. The molecule has 0 radical (unpaired) electrons. The Morgan fingerprint density at radius 2 is 2.29 bits per heavy atom. The van der Waals surface area contributed by atoms with Gasteiger partial charge in [-0.1, -0.05) is 13.3 Å². The van der Waals surface area contributed by atoms with E-state index in [1.807, 2.05) is 18.4 Å². The third-order valence-electron chi connectivity index (χ3n) is 3.56. The first kappa shape index (κ1) is 17.4. The summed E-state index contributed by atoms with van der Waals surface area (Å²) in [6.45, 7) is 4.58. The molecule has 120 valence electrons. The maximum atomic E-state index is 12.5. The van der Waals surface area contributed by atoms with Gasteiger partial charge in [-0.3, -0.25) is 0 Å². The van der Waals surface area contributed by atoms with Crippen molar-refractivity contribution in [3.05, 3.63) is 20.8 Å². The number of nitrogens with one attached hydrogen (secondary N) is 2. The van der Waals surface area contributed by atoms with Gasteiger partial charge in [-0.15, -0.1) is 11.3 Å². The van der Waals surface area contributed by atoms with Crippen LogP contribution in [0.4, 0.5) is 0 Å². The third-order valence-corrected chi connectivity index (χ3v) is 6.87. The van der Waals surface area contributed by atoms with Gasteiger partial charge in [0.25, 0.3) is 10.2 Å². The predicted octanol–water partition coefficient (Wildman–Crippen LogP) is 2.31. The zero-order chi connectivity index (χ0) is 15.3. The summed E-state index contributed by atoms with van der Waals surface area (Å²) in [5.41, 5.74) is 0. The minimum Gasteiger partial charge on any atom is -0.315 e. The molecule has 1 aromatic rings. The fraction of sp³-hybridized carbons (Fsp3) is 0.692. The molecule has 1 aliphatic rings. The second-order valence-electron chi connectivity index (χ2n) is 5.13. The van der Waals surface area contributed by atoms with E-state index in [1.165, 1.54) is 0 Å². The van der Waals surface area contributed by atoms with E-state index >= 15 is 0 Å². The van der Waals surface area contributed by atoms with Crippen LogP contribution in [-0.2, 0) is 16.8 Å². The van der Waals surface area contributed by atoms with Crippen LogP contribution < -0.4 is 10.0 Å². The van der Waals surface area contributed by atoms with E-state index < -0.39 is 10.2 Å². The number of nitrogens with zero attached hydrogens (tertiary/aromatic N) is 1. The van der Waals surface area contributed by atoms with E-state index in [4.69, 9.17) is 0 Å². The van der Waals surface area contributed by atoms with Gasteiger partial charge in [0.15, 0.2) is 0 Å². The van der Waals surface area contributed by atoms with Crippen molar-refractivity contribution in [2.24, 2.45) is 0 Å². The molecule has 1 aromatic heterocycles. The van der Waals surface area contributed by atoms with E-state index in [-0.39, 0.29) is 6.04 Å². The summed E-state index contributed by atoms with van der Waals surface area (Å²) in [5, 5.41) is 5.22. The van der Waals surface area contributed by atoms with E-state index in [9.17, 15) is 8.42 Å². The van der Waals surface area contributed by atoms with Gasteiger partial charge in [-0.2, -0.15) is 17.4 Å². The molecule has 5 nitrogen and oxygen atoms in total. The van der Waals surface area contributed by atoms with Crippen molar-refractivity contribution in [1.82, 2.24) is 14.3 Å². The second-order valence-corrected chi connectivity index (χ2v) is 8.74. The lowest BCUT2D eigenvalue weighted by Crippen LogP contribution is -2.52. The van der Waals surface area contributed by atoms with Gasteiger partial charge in [0, 0.05) is 40.4 Å². The Morgan fingerprint density at radius 1 is 1.48 bits per heavy atom. The van der Waals surface area contributed by atoms with Gasteiger partial charge >= 0.3 is 0 Å². The highest BCUT2D eigenvalue weighted by Crippen LogP contribution is 2.22. The smallest absolute Gasteiger partial charge is 0.280 e. The SMILES string of the molecule is CCNCC1CCCCN1S(=O)(=O)NCc1cc(Br)cs1. The molecular formula is C13H22BrN3O2S2. The molecule has 2 heterocycles. The average Bonchev–Trinajstić information content (AvgIpc) is 2.89. The van der Waals surface area contributed by atoms with Gasteiger partial charge in [0.2, 0.25) is 0 Å². The summed E-state index contributed by atoms with van der Waals surface area (Å²) in [5.74, 6) is 0. The topological polar surface area (TPSA) is 61.4 Å². The lowest BCUT2D eigenvalue weighted by Gasteiger charge is -2.34. The highest BCUT2D eigenvalue weighted by molar-refractivity contribution is 9.10. The first-order valence-electron chi connectivity index (χ1n) is 7.23. The van der Waals surface area contributed by atoms with E-state index in [0.717, 1.165) is 41.7 Å². The van der Waals surface area contributed by atoms with Crippen LogP contribution in [0.1, 0.15) is 31.1 Å². The summed E-state index contributed by atoms with van der Waals surface area (Å²) in [4.78, 5) is 1.01. The number of likely N-dealkylation sites (N-methyl/N-ethyl adjacent to an activating group) is 1. The molecular weight excluding hydrogens is 374 g/mol. The number of piperidine rings is 1. The molecule has 0 aromatic carbocycles. The molecule has 0 amide bonds. The first-order valence-corrected chi connectivity index (χ1v) is 10.3. The van der Waals surface area contributed by atoms with Crippen LogP contribution in [0, 0.1) is 0 Å². The Labute approximate surface area is 139 Å². The molecule has 0 spiro atoms. The molecule has 1 atom stereocenters. The Morgan fingerprint density at radius 3 is 2.95 bits per heavy atom. The molecule has 2 rings (SSSR count). The predicted molar refractivity (Wildman–Crippen MR) is 90.7 cm³/mol. The Hall–Kier alpha value is 0.01000. The molecule has 8 heteroatoms. The molecule has 2 N–H and O–H groups in total. The van der Waals surface area contributed by atoms with E-state index in [1.54, 1.807) is 15.6 Å². The zero-order valence-electron chi connectivity index (χ0n) is 12.1.